The van der Waals surface area contributed by atoms with E-state index < -0.39 is 9.84 Å². The van der Waals surface area contributed by atoms with E-state index in [0.29, 0.717) is 13.1 Å². The van der Waals surface area contributed by atoms with Crippen LogP contribution >= 0.6 is 22.9 Å². The van der Waals surface area contributed by atoms with E-state index in [0.717, 1.165) is 9.21 Å². The van der Waals surface area contributed by atoms with Gasteiger partial charge in [0.05, 0.1) is 10.1 Å². The van der Waals surface area contributed by atoms with Crippen molar-refractivity contribution in [1.82, 2.24) is 5.32 Å². The molecule has 0 radical (unpaired) electrons. The largest absolute Gasteiger partial charge is 0.311 e. The van der Waals surface area contributed by atoms with Gasteiger partial charge in [-0.1, -0.05) is 18.5 Å². The number of thiophene rings is 1. The van der Waals surface area contributed by atoms with Crippen molar-refractivity contribution in [3.05, 3.63) is 21.3 Å². The molecule has 0 aliphatic rings. The highest BCUT2D eigenvalue weighted by molar-refractivity contribution is 7.91. The zero-order valence-corrected chi connectivity index (χ0v) is 10.9. The van der Waals surface area contributed by atoms with Gasteiger partial charge in [0.15, 0.2) is 9.84 Å². The maximum absolute atomic E-state index is 11.2. The summed E-state index contributed by atoms with van der Waals surface area (Å²) >= 11 is 7.27. The van der Waals surface area contributed by atoms with Crippen LogP contribution in [0.4, 0.5) is 0 Å². The molecule has 0 spiro atoms. The van der Waals surface area contributed by atoms with E-state index >= 15 is 0 Å². The Balaban J connectivity index is 2.23. The summed E-state index contributed by atoms with van der Waals surface area (Å²) in [5.74, 6) is 0.405. The molecule has 0 saturated heterocycles. The molecule has 0 bridgehead atoms. The zero-order chi connectivity index (χ0) is 11.3. The molecule has 3 nitrogen and oxygen atoms in total. The van der Waals surface area contributed by atoms with Gasteiger partial charge in [0.25, 0.3) is 0 Å². The molecule has 0 aliphatic heterocycles. The van der Waals surface area contributed by atoms with Gasteiger partial charge < -0.3 is 5.32 Å². The summed E-state index contributed by atoms with van der Waals surface area (Å²) in [6.07, 6.45) is 0. The number of nitrogens with one attached hydrogen (secondary N) is 1. The minimum Gasteiger partial charge on any atom is -0.311 e. The minimum absolute atomic E-state index is 0.197. The normalized spacial score (nSPS) is 11.9. The molecular weight excluding hydrogens is 254 g/mol. The average molecular weight is 268 g/mol. The zero-order valence-electron chi connectivity index (χ0n) is 8.49. The molecule has 0 saturated carbocycles. The predicted molar refractivity (Wildman–Crippen MR) is 65.4 cm³/mol. The molecule has 1 heterocycles. The second-order valence-electron chi connectivity index (χ2n) is 3.12. The van der Waals surface area contributed by atoms with Crippen molar-refractivity contribution < 1.29 is 8.42 Å². The lowest BCUT2D eigenvalue weighted by atomic mass is 10.4. The molecule has 1 aromatic heterocycles. The van der Waals surface area contributed by atoms with Crippen molar-refractivity contribution in [3.63, 3.8) is 0 Å². The van der Waals surface area contributed by atoms with Crippen LogP contribution < -0.4 is 5.32 Å². The highest BCUT2D eigenvalue weighted by Gasteiger charge is 2.06. The Kier molecular flexibility index (Phi) is 5.05. The van der Waals surface area contributed by atoms with E-state index in [1.54, 1.807) is 6.92 Å². The Morgan fingerprint density at radius 1 is 1.47 bits per heavy atom. The first-order chi connectivity index (χ1) is 7.03. The van der Waals surface area contributed by atoms with Gasteiger partial charge in [-0.3, -0.25) is 0 Å². The van der Waals surface area contributed by atoms with Crippen LogP contribution in [0, 0.1) is 0 Å². The van der Waals surface area contributed by atoms with Gasteiger partial charge in [0.1, 0.15) is 0 Å². The quantitative estimate of drug-likeness (QED) is 0.801. The van der Waals surface area contributed by atoms with E-state index in [2.05, 4.69) is 5.32 Å². The molecule has 0 aliphatic carbocycles. The molecule has 86 valence electrons. The van der Waals surface area contributed by atoms with Gasteiger partial charge in [0, 0.05) is 23.7 Å². The van der Waals surface area contributed by atoms with Crippen LogP contribution in [-0.4, -0.2) is 26.5 Å². The Hall–Kier alpha value is -0.100. The summed E-state index contributed by atoms with van der Waals surface area (Å²) in [4.78, 5) is 1.12. The lowest BCUT2D eigenvalue weighted by Crippen LogP contribution is -2.23. The van der Waals surface area contributed by atoms with E-state index in [-0.39, 0.29) is 11.5 Å². The second-order valence-corrected chi connectivity index (χ2v) is 7.39. The second kappa shape index (κ2) is 5.84. The van der Waals surface area contributed by atoms with Crippen molar-refractivity contribution in [3.8, 4) is 0 Å². The third-order valence-corrected chi connectivity index (χ3v) is 4.89. The topological polar surface area (TPSA) is 46.2 Å². The van der Waals surface area contributed by atoms with Crippen LogP contribution in [0.15, 0.2) is 12.1 Å². The monoisotopic (exact) mass is 267 g/mol. The average Bonchev–Trinajstić information content (AvgIpc) is 2.59. The summed E-state index contributed by atoms with van der Waals surface area (Å²) in [5.41, 5.74) is 0. The van der Waals surface area contributed by atoms with Gasteiger partial charge in [-0.25, -0.2) is 8.42 Å². The highest BCUT2D eigenvalue weighted by atomic mass is 35.5. The fourth-order valence-corrected chi connectivity index (χ4v) is 2.83. The van der Waals surface area contributed by atoms with Gasteiger partial charge >= 0.3 is 0 Å². The fourth-order valence-electron chi connectivity index (χ4n) is 1.03. The van der Waals surface area contributed by atoms with E-state index in [1.165, 1.54) is 11.3 Å². The molecule has 0 aromatic carbocycles. The molecule has 0 fully saturated rings. The summed E-state index contributed by atoms with van der Waals surface area (Å²) in [7, 11) is -2.85. The standard InChI is InChI=1S/C9H14ClNO2S2/c1-2-15(12,13)6-5-11-7-8-3-4-9(10)14-8/h3-4,11H,2,5-7H2,1H3. The molecule has 1 N–H and O–H groups in total. The smallest absolute Gasteiger partial charge is 0.151 e. The fraction of sp³-hybridized carbons (Fsp3) is 0.556. The van der Waals surface area contributed by atoms with E-state index in [9.17, 15) is 8.42 Å². The number of sulfone groups is 1. The molecular formula is C9H14ClNO2S2. The first-order valence-electron chi connectivity index (χ1n) is 4.69. The van der Waals surface area contributed by atoms with Gasteiger partial charge in [0.2, 0.25) is 0 Å². The van der Waals surface area contributed by atoms with Crippen LogP contribution in [0.25, 0.3) is 0 Å². The Labute approximate surface area is 99.4 Å². The van der Waals surface area contributed by atoms with Crippen LogP contribution in [0.2, 0.25) is 4.34 Å². The van der Waals surface area contributed by atoms with Crippen molar-refractivity contribution in [2.24, 2.45) is 0 Å². The number of halogens is 1. The van der Waals surface area contributed by atoms with E-state index in [1.807, 2.05) is 12.1 Å². The van der Waals surface area contributed by atoms with Gasteiger partial charge in [-0.05, 0) is 12.1 Å². The molecule has 1 rings (SSSR count). The highest BCUT2D eigenvalue weighted by Crippen LogP contribution is 2.20. The number of hydrogen-bond acceptors (Lipinski definition) is 4. The first-order valence-corrected chi connectivity index (χ1v) is 7.70. The van der Waals surface area contributed by atoms with Crippen LogP contribution in [0.3, 0.4) is 0 Å². The molecule has 0 unspecified atom stereocenters. The Bertz CT molecular complexity index is 400. The minimum atomic E-state index is -2.85. The molecule has 0 amide bonds. The summed E-state index contributed by atoms with van der Waals surface area (Å²) < 4.78 is 23.1. The summed E-state index contributed by atoms with van der Waals surface area (Å²) in [6.45, 7) is 2.83. The molecule has 15 heavy (non-hydrogen) atoms. The third kappa shape index (κ3) is 4.97. The maximum Gasteiger partial charge on any atom is 0.151 e. The van der Waals surface area contributed by atoms with Crippen LogP contribution in [0.1, 0.15) is 11.8 Å². The third-order valence-electron chi connectivity index (χ3n) is 1.96. The van der Waals surface area contributed by atoms with Crippen molar-refractivity contribution >= 4 is 32.8 Å². The van der Waals surface area contributed by atoms with Gasteiger partial charge in [-0.2, -0.15) is 0 Å². The summed E-state index contributed by atoms with van der Waals surface area (Å²) in [6, 6.07) is 3.78. The summed E-state index contributed by atoms with van der Waals surface area (Å²) in [5, 5.41) is 3.08. The lowest BCUT2D eigenvalue weighted by molar-refractivity contribution is 0.592. The maximum atomic E-state index is 11.2. The molecule has 0 atom stereocenters. The molecule has 1 aromatic rings. The lowest BCUT2D eigenvalue weighted by Gasteiger charge is -2.02. The predicted octanol–water partition coefficient (Wildman–Crippen LogP) is 1.93. The SMILES string of the molecule is CCS(=O)(=O)CCNCc1ccc(Cl)s1. The van der Waals surface area contributed by atoms with Crippen molar-refractivity contribution in [2.45, 2.75) is 13.5 Å². The Morgan fingerprint density at radius 2 is 2.20 bits per heavy atom. The van der Waals surface area contributed by atoms with Gasteiger partial charge in [-0.15, -0.1) is 11.3 Å². The van der Waals surface area contributed by atoms with E-state index in [4.69, 9.17) is 11.6 Å². The van der Waals surface area contributed by atoms with Crippen molar-refractivity contribution in [2.75, 3.05) is 18.1 Å². The Morgan fingerprint density at radius 3 is 2.73 bits per heavy atom. The van der Waals surface area contributed by atoms with Crippen LogP contribution in [-0.2, 0) is 16.4 Å². The number of hydrogen-bond donors (Lipinski definition) is 1. The van der Waals surface area contributed by atoms with Crippen LogP contribution in [0.5, 0.6) is 0 Å². The number of rotatable bonds is 6. The molecule has 6 heteroatoms. The van der Waals surface area contributed by atoms with Crippen molar-refractivity contribution in [1.29, 1.82) is 0 Å². The first kappa shape index (κ1) is 13.0.